The van der Waals surface area contributed by atoms with Gasteiger partial charge in [0.15, 0.2) is 24.7 Å². The zero-order chi connectivity index (χ0) is 44.2. The van der Waals surface area contributed by atoms with Gasteiger partial charge in [0.05, 0.1) is 38.1 Å². The Hall–Kier alpha value is -0.940. The summed E-state index contributed by atoms with van der Waals surface area (Å²) in [5.74, 6) is 2.52. The molecule has 5 heterocycles. The predicted molar refractivity (Wildman–Crippen MR) is 214 cm³/mol. The molecule has 0 bridgehead atoms. The Morgan fingerprint density at radius 3 is 2.03 bits per heavy atom. The number of hydrogen-bond donors (Lipinski definition) is 9. The highest BCUT2D eigenvalue weighted by atomic mass is 16.8. The second-order valence-corrected chi connectivity index (χ2v) is 21.1. The summed E-state index contributed by atoms with van der Waals surface area (Å²) in [6.45, 7) is 10.4. The fraction of sp³-hybridized carbons (Fsp3) is 0.956. The van der Waals surface area contributed by atoms with Crippen molar-refractivity contribution in [1.29, 1.82) is 0 Å². The summed E-state index contributed by atoms with van der Waals surface area (Å²) in [6.07, 6.45) is -12.4. The van der Waals surface area contributed by atoms with Gasteiger partial charge in [-0.1, -0.05) is 39.3 Å². The summed E-state index contributed by atoms with van der Waals surface area (Å²) < 4.78 is 50.3. The van der Waals surface area contributed by atoms with Crippen molar-refractivity contribution in [3.8, 4) is 0 Å². The van der Waals surface area contributed by atoms with Crippen molar-refractivity contribution >= 4 is 0 Å². The second kappa shape index (κ2) is 17.3. The van der Waals surface area contributed by atoms with Crippen LogP contribution >= 0.6 is 0 Å². The Morgan fingerprint density at radius 2 is 1.34 bits per heavy atom. The Balaban J connectivity index is 0.940. The number of hydrogen-bond acceptors (Lipinski definition) is 17. The van der Waals surface area contributed by atoms with E-state index in [1.54, 1.807) is 0 Å². The maximum absolute atomic E-state index is 11.6. The molecule has 5 saturated heterocycles. The van der Waals surface area contributed by atoms with Crippen LogP contribution in [0.4, 0.5) is 0 Å². The van der Waals surface area contributed by atoms with Crippen LogP contribution in [0, 0.1) is 46.3 Å². The molecule has 4 aliphatic carbocycles. The van der Waals surface area contributed by atoms with Crippen molar-refractivity contribution in [3.05, 3.63) is 11.6 Å². The molecule has 354 valence electrons. The SMILES string of the molecule is C[C@@H]1CC[C@@]2(OC1)OC1C[C@H]3[C@@H]4CC=C5C[C@@H](O[C@@H]6O[C@H](CO)[C@@H](O)[C@H](O[C@@H]7O[C@H](CO)[C@H](O)[C@H](O)[C@H]7O)[C@H]6O[C@@H]6O[C@@H](C)[C@H](O)[C@@H](O)[C@H]6O)CC[C@]5(C)[C@H]4CC[C@]3(C)[C@H]1[C@@H]2C. The standard InChI is InChI=1S/C45H72O17/c1-19-8-13-45(55-18-19)20(2)30-27(62-45)15-26-24-7-6-22-14-23(9-11-43(22,4)25(24)10-12-44(26,30)5)57-42-39(61-40-36(53)34(51)31(48)21(3)56-40)38(33(50)29(17-47)59-42)60-41-37(54)35(52)32(49)28(16-46)58-41/h6,19-21,23-42,46-54H,7-18H2,1-5H3/t19-,20+,21+,23+,24-,25+,26+,27?,28-,29-,30+,31+,32+,33-,34-,35+,36-,37-,38+,39-,40+,41+,42-,43+,44+,45-/m1/s1. The largest absolute Gasteiger partial charge is 0.394 e. The average molecular weight is 885 g/mol. The van der Waals surface area contributed by atoms with Crippen LogP contribution in [0.2, 0.25) is 0 Å². The first kappa shape index (κ1) is 46.2. The molecule has 0 radical (unpaired) electrons. The van der Waals surface area contributed by atoms with Crippen molar-refractivity contribution in [1.82, 2.24) is 0 Å². The zero-order valence-electron chi connectivity index (χ0n) is 36.6. The molecular formula is C45H72O17. The topological polar surface area (TPSA) is 256 Å². The molecule has 1 unspecified atom stereocenters. The molecule has 0 aromatic heterocycles. The van der Waals surface area contributed by atoms with Gasteiger partial charge in [-0.3, -0.25) is 0 Å². The molecule has 9 aliphatic rings. The molecule has 0 aromatic rings. The van der Waals surface area contributed by atoms with Gasteiger partial charge in [0.2, 0.25) is 0 Å². The molecule has 17 heteroatoms. The van der Waals surface area contributed by atoms with E-state index in [-0.39, 0.29) is 16.9 Å². The van der Waals surface area contributed by atoms with E-state index in [4.69, 9.17) is 37.9 Å². The van der Waals surface area contributed by atoms with Crippen LogP contribution in [0.25, 0.3) is 0 Å². The fourth-order valence-electron chi connectivity index (χ4n) is 14.0. The number of aliphatic hydroxyl groups excluding tert-OH is 9. The van der Waals surface area contributed by atoms with Crippen molar-refractivity contribution in [2.45, 2.75) is 203 Å². The Morgan fingerprint density at radius 1 is 0.677 bits per heavy atom. The molecule has 62 heavy (non-hydrogen) atoms. The van der Waals surface area contributed by atoms with E-state index in [0.29, 0.717) is 48.3 Å². The number of rotatable bonds is 8. The van der Waals surface area contributed by atoms with Gasteiger partial charge in [0.1, 0.15) is 67.1 Å². The van der Waals surface area contributed by atoms with Crippen LogP contribution in [0.15, 0.2) is 11.6 Å². The van der Waals surface area contributed by atoms with E-state index in [0.717, 1.165) is 51.6 Å². The Labute approximate surface area is 363 Å². The number of fused-ring (bicyclic) bond motifs is 7. The fourth-order valence-corrected chi connectivity index (χ4v) is 14.0. The Kier molecular flexibility index (Phi) is 12.9. The minimum Gasteiger partial charge on any atom is -0.394 e. The second-order valence-electron chi connectivity index (χ2n) is 21.1. The van der Waals surface area contributed by atoms with Crippen molar-refractivity contribution in [2.24, 2.45) is 46.3 Å². The van der Waals surface area contributed by atoms with Crippen LogP contribution in [0.1, 0.15) is 92.4 Å². The smallest absolute Gasteiger partial charge is 0.187 e. The predicted octanol–water partition coefficient (Wildman–Crippen LogP) is 0.214. The van der Waals surface area contributed by atoms with E-state index < -0.39 is 117 Å². The summed E-state index contributed by atoms with van der Waals surface area (Å²) in [5, 5.41) is 95.8. The highest BCUT2D eigenvalue weighted by Crippen LogP contribution is 2.70. The number of aliphatic hydroxyl groups is 9. The maximum atomic E-state index is 11.6. The minimum atomic E-state index is -1.84. The molecule has 5 aliphatic heterocycles. The molecule has 26 atom stereocenters. The van der Waals surface area contributed by atoms with Gasteiger partial charge in [0.25, 0.3) is 0 Å². The van der Waals surface area contributed by atoms with Crippen LogP contribution in [-0.4, -0.2) is 176 Å². The zero-order valence-corrected chi connectivity index (χ0v) is 36.6. The lowest BCUT2D eigenvalue weighted by Gasteiger charge is -2.59. The number of allylic oxidation sites excluding steroid dienone is 1. The first-order valence-corrected chi connectivity index (χ1v) is 23.4. The summed E-state index contributed by atoms with van der Waals surface area (Å²) >= 11 is 0. The number of ether oxygens (including phenoxy) is 8. The molecule has 0 aromatic carbocycles. The van der Waals surface area contributed by atoms with Gasteiger partial charge < -0.3 is 83.9 Å². The van der Waals surface area contributed by atoms with E-state index >= 15 is 0 Å². The molecule has 9 N–H and O–H groups in total. The lowest BCUT2D eigenvalue weighted by Crippen LogP contribution is -2.67. The van der Waals surface area contributed by atoms with E-state index in [2.05, 4.69) is 33.8 Å². The summed E-state index contributed by atoms with van der Waals surface area (Å²) in [7, 11) is 0. The third-order valence-electron chi connectivity index (χ3n) is 17.7. The molecule has 9 rings (SSSR count). The van der Waals surface area contributed by atoms with Crippen molar-refractivity contribution in [3.63, 3.8) is 0 Å². The molecule has 17 nitrogen and oxygen atoms in total. The first-order valence-electron chi connectivity index (χ1n) is 23.4. The highest BCUT2D eigenvalue weighted by Gasteiger charge is 2.69. The Bertz CT molecular complexity index is 1610. The monoisotopic (exact) mass is 884 g/mol. The van der Waals surface area contributed by atoms with Gasteiger partial charge in [-0.2, -0.15) is 0 Å². The van der Waals surface area contributed by atoms with Gasteiger partial charge in [-0.25, -0.2) is 0 Å². The normalized spacial score (nSPS) is 57.6. The molecular weight excluding hydrogens is 812 g/mol. The summed E-state index contributed by atoms with van der Waals surface area (Å²) in [4.78, 5) is 0. The van der Waals surface area contributed by atoms with Crippen molar-refractivity contribution in [2.75, 3.05) is 19.8 Å². The molecule has 8 fully saturated rings. The van der Waals surface area contributed by atoms with Crippen LogP contribution < -0.4 is 0 Å². The third kappa shape index (κ3) is 7.49. The lowest BCUT2D eigenvalue weighted by atomic mass is 9.47. The van der Waals surface area contributed by atoms with E-state index in [1.807, 2.05) is 0 Å². The third-order valence-corrected chi connectivity index (χ3v) is 17.7. The maximum Gasteiger partial charge on any atom is 0.187 e. The van der Waals surface area contributed by atoms with Crippen LogP contribution in [-0.2, 0) is 37.9 Å². The minimum absolute atomic E-state index is 0.0484. The quantitative estimate of drug-likeness (QED) is 0.148. The van der Waals surface area contributed by atoms with Crippen LogP contribution in [0.3, 0.4) is 0 Å². The molecule has 3 saturated carbocycles. The van der Waals surface area contributed by atoms with E-state index in [9.17, 15) is 46.0 Å². The van der Waals surface area contributed by atoms with Crippen LogP contribution in [0.5, 0.6) is 0 Å². The first-order chi connectivity index (χ1) is 29.4. The molecule has 0 amide bonds. The van der Waals surface area contributed by atoms with Gasteiger partial charge in [0, 0.05) is 12.3 Å². The van der Waals surface area contributed by atoms with Gasteiger partial charge in [-0.15, -0.1) is 0 Å². The van der Waals surface area contributed by atoms with Gasteiger partial charge >= 0.3 is 0 Å². The lowest BCUT2D eigenvalue weighted by molar-refractivity contribution is -0.394. The van der Waals surface area contributed by atoms with E-state index in [1.165, 1.54) is 12.5 Å². The summed E-state index contributed by atoms with van der Waals surface area (Å²) in [5.41, 5.74) is 1.45. The molecule has 1 spiro atoms. The highest BCUT2D eigenvalue weighted by molar-refractivity contribution is 5.26. The average Bonchev–Trinajstić information content (AvgIpc) is 3.70. The summed E-state index contributed by atoms with van der Waals surface area (Å²) in [6, 6.07) is 0. The van der Waals surface area contributed by atoms with Gasteiger partial charge in [-0.05, 0) is 98.7 Å². The van der Waals surface area contributed by atoms with Crippen molar-refractivity contribution < 1.29 is 83.9 Å².